The number of hydrogen-bond donors (Lipinski definition) is 1. The number of Topliss-reactive ketones (excluding diaryl/α,β-unsaturated/α-hetero) is 1. The van der Waals surface area contributed by atoms with Crippen LogP contribution in [-0.2, 0) is 4.79 Å². The Kier molecular flexibility index (Phi) is 2.65. The van der Waals surface area contributed by atoms with Crippen LogP contribution < -0.4 is 5.32 Å². The van der Waals surface area contributed by atoms with Crippen LogP contribution in [0.15, 0.2) is 47.0 Å². The lowest BCUT2D eigenvalue weighted by Crippen LogP contribution is -2.30. The summed E-state index contributed by atoms with van der Waals surface area (Å²) >= 11 is 0. The van der Waals surface area contributed by atoms with E-state index in [1.807, 2.05) is 36.4 Å². The van der Waals surface area contributed by atoms with Crippen molar-refractivity contribution in [1.82, 2.24) is 10.2 Å². The van der Waals surface area contributed by atoms with E-state index in [4.69, 9.17) is 0 Å². The normalized spacial score (nSPS) is 21.2. The van der Waals surface area contributed by atoms with Gasteiger partial charge in [-0.3, -0.25) is 9.69 Å². The van der Waals surface area contributed by atoms with E-state index < -0.39 is 0 Å². The van der Waals surface area contributed by atoms with Crippen molar-refractivity contribution in [1.29, 1.82) is 0 Å². The fourth-order valence-electron chi connectivity index (χ4n) is 2.91. The van der Waals surface area contributed by atoms with Crippen molar-refractivity contribution >= 4 is 22.8 Å². The first-order valence-electron chi connectivity index (χ1n) is 6.90. The molecule has 0 spiro atoms. The highest BCUT2D eigenvalue weighted by Gasteiger charge is 2.31. The van der Waals surface area contributed by atoms with Crippen LogP contribution in [0.25, 0.3) is 5.57 Å². The first-order chi connectivity index (χ1) is 9.83. The van der Waals surface area contributed by atoms with Gasteiger partial charge in [-0.25, -0.2) is 4.99 Å². The molecule has 1 aromatic carbocycles. The lowest BCUT2D eigenvalue weighted by Gasteiger charge is -2.18. The molecule has 0 atom stereocenters. The molecule has 0 amide bonds. The molecule has 1 N–H and O–H groups in total. The third-order valence-electron chi connectivity index (χ3n) is 3.97. The van der Waals surface area contributed by atoms with Crippen molar-refractivity contribution in [3.05, 3.63) is 47.6 Å². The molecule has 1 aromatic rings. The highest BCUT2D eigenvalue weighted by Crippen LogP contribution is 2.37. The Balaban J connectivity index is 1.67. The van der Waals surface area contributed by atoms with Crippen LogP contribution >= 0.6 is 0 Å². The minimum absolute atomic E-state index is 0.0746. The van der Waals surface area contributed by atoms with Crippen LogP contribution in [0, 0.1) is 0 Å². The van der Waals surface area contributed by atoms with E-state index in [2.05, 4.69) is 15.2 Å². The van der Waals surface area contributed by atoms with Gasteiger partial charge in [0.1, 0.15) is 5.71 Å². The molecule has 0 radical (unpaired) electrons. The number of hydrogen-bond acceptors (Lipinski definition) is 4. The predicted octanol–water partition coefficient (Wildman–Crippen LogP) is 1.53. The van der Waals surface area contributed by atoms with Gasteiger partial charge in [0.25, 0.3) is 0 Å². The summed E-state index contributed by atoms with van der Waals surface area (Å²) in [5.41, 5.74) is 4.38. The van der Waals surface area contributed by atoms with E-state index >= 15 is 0 Å². The number of carbonyl (C=O) groups is 1. The van der Waals surface area contributed by atoms with Gasteiger partial charge in [0, 0.05) is 43.0 Å². The van der Waals surface area contributed by atoms with E-state index in [-0.39, 0.29) is 5.78 Å². The van der Waals surface area contributed by atoms with E-state index in [0.717, 1.165) is 42.2 Å². The van der Waals surface area contributed by atoms with Gasteiger partial charge in [-0.15, -0.1) is 0 Å². The van der Waals surface area contributed by atoms with Crippen LogP contribution in [0.3, 0.4) is 0 Å². The molecule has 0 unspecified atom stereocenters. The number of fused-ring (bicyclic) bond motifs is 3. The third kappa shape index (κ3) is 1.77. The molecule has 3 aliphatic rings. The van der Waals surface area contributed by atoms with Crippen LogP contribution in [-0.4, -0.2) is 42.7 Å². The largest absolute Gasteiger partial charge is 0.303 e. The molecule has 4 nitrogen and oxygen atoms in total. The Morgan fingerprint density at radius 3 is 3.00 bits per heavy atom. The SMILES string of the molecule is O=C1C(CN2CCNC2)=CC=C2C1=Nc1ccccc12. The van der Waals surface area contributed by atoms with Gasteiger partial charge < -0.3 is 5.32 Å². The summed E-state index contributed by atoms with van der Waals surface area (Å²) in [5.74, 6) is 0.0746. The van der Waals surface area contributed by atoms with Crippen LogP contribution in [0.4, 0.5) is 5.69 Å². The van der Waals surface area contributed by atoms with Gasteiger partial charge in [-0.2, -0.15) is 0 Å². The monoisotopic (exact) mass is 265 g/mol. The zero-order valence-corrected chi connectivity index (χ0v) is 11.1. The van der Waals surface area contributed by atoms with E-state index in [1.54, 1.807) is 0 Å². The molecule has 0 saturated carbocycles. The topological polar surface area (TPSA) is 44.7 Å². The summed E-state index contributed by atoms with van der Waals surface area (Å²) in [4.78, 5) is 19.3. The van der Waals surface area contributed by atoms with E-state index in [0.29, 0.717) is 12.3 Å². The zero-order chi connectivity index (χ0) is 13.5. The van der Waals surface area contributed by atoms with Gasteiger partial charge in [-0.05, 0) is 6.07 Å². The zero-order valence-electron chi connectivity index (χ0n) is 11.1. The number of nitrogens with zero attached hydrogens (tertiary/aromatic N) is 2. The van der Waals surface area contributed by atoms with Gasteiger partial charge in [0.15, 0.2) is 0 Å². The van der Waals surface area contributed by atoms with Crippen molar-refractivity contribution < 1.29 is 4.79 Å². The molecule has 0 bridgehead atoms. The summed E-state index contributed by atoms with van der Waals surface area (Å²) in [6, 6.07) is 7.92. The van der Waals surface area contributed by atoms with Crippen molar-refractivity contribution in [2.24, 2.45) is 4.99 Å². The second-order valence-electron chi connectivity index (χ2n) is 5.29. The minimum Gasteiger partial charge on any atom is -0.303 e. The summed E-state index contributed by atoms with van der Waals surface area (Å²) < 4.78 is 0. The third-order valence-corrected chi connectivity index (χ3v) is 3.97. The molecule has 20 heavy (non-hydrogen) atoms. The second-order valence-corrected chi connectivity index (χ2v) is 5.29. The molecule has 4 rings (SSSR count). The number of nitrogens with one attached hydrogen (secondary N) is 1. The summed E-state index contributed by atoms with van der Waals surface area (Å²) in [6.45, 7) is 3.54. The summed E-state index contributed by atoms with van der Waals surface area (Å²) in [6.07, 6.45) is 3.99. The molecule has 1 saturated heterocycles. The minimum atomic E-state index is 0.0746. The van der Waals surface area contributed by atoms with Crippen LogP contribution in [0.2, 0.25) is 0 Å². The Morgan fingerprint density at radius 2 is 2.15 bits per heavy atom. The van der Waals surface area contributed by atoms with Crippen molar-refractivity contribution in [2.45, 2.75) is 0 Å². The van der Waals surface area contributed by atoms with Crippen LogP contribution in [0.1, 0.15) is 5.56 Å². The Labute approximate surface area is 117 Å². The molecule has 1 fully saturated rings. The fraction of sp³-hybridized carbons (Fsp3) is 0.250. The number of carbonyl (C=O) groups excluding carboxylic acids is 1. The molecule has 4 heteroatoms. The number of rotatable bonds is 2. The molecular weight excluding hydrogens is 250 g/mol. The molecule has 100 valence electrons. The smallest absolute Gasteiger partial charge is 0.209 e. The summed E-state index contributed by atoms with van der Waals surface area (Å²) in [5, 5.41) is 3.28. The number of benzene rings is 1. The van der Waals surface area contributed by atoms with Gasteiger partial charge >= 0.3 is 0 Å². The Morgan fingerprint density at radius 1 is 1.25 bits per heavy atom. The van der Waals surface area contributed by atoms with E-state index in [9.17, 15) is 4.79 Å². The van der Waals surface area contributed by atoms with Crippen molar-refractivity contribution in [3.8, 4) is 0 Å². The summed E-state index contributed by atoms with van der Waals surface area (Å²) in [7, 11) is 0. The predicted molar refractivity (Wildman–Crippen MR) is 79.0 cm³/mol. The van der Waals surface area contributed by atoms with Crippen LogP contribution in [0.5, 0.6) is 0 Å². The molecule has 0 aromatic heterocycles. The van der Waals surface area contributed by atoms with Crippen molar-refractivity contribution in [2.75, 3.05) is 26.3 Å². The maximum Gasteiger partial charge on any atom is 0.209 e. The molecule has 2 aliphatic heterocycles. The van der Waals surface area contributed by atoms with Crippen molar-refractivity contribution in [3.63, 3.8) is 0 Å². The second kappa shape index (κ2) is 4.51. The van der Waals surface area contributed by atoms with E-state index in [1.165, 1.54) is 0 Å². The molecule has 1 aliphatic carbocycles. The average molecular weight is 265 g/mol. The average Bonchev–Trinajstić information content (AvgIpc) is 3.09. The number of allylic oxidation sites excluding steroid dienone is 3. The standard InChI is InChI=1S/C16H15N3O/c20-16-11(9-19-8-7-17-10-19)5-6-13-12-3-1-2-4-14(12)18-15(13)16/h1-6,17H,7-10H2. The highest BCUT2D eigenvalue weighted by molar-refractivity contribution is 6.63. The first kappa shape index (κ1) is 11.8. The Bertz CT molecular complexity index is 679. The fourth-order valence-corrected chi connectivity index (χ4v) is 2.91. The first-order valence-corrected chi connectivity index (χ1v) is 6.90. The maximum absolute atomic E-state index is 12.6. The highest BCUT2D eigenvalue weighted by atomic mass is 16.1. The maximum atomic E-state index is 12.6. The number of aliphatic imine (C=N–C) groups is 1. The Hall–Kier alpha value is -2.04. The molecule has 2 heterocycles. The van der Waals surface area contributed by atoms with Gasteiger partial charge in [-0.1, -0.05) is 30.4 Å². The number of ketones is 1. The molecular formula is C16H15N3O. The quantitative estimate of drug-likeness (QED) is 0.825. The lowest BCUT2D eigenvalue weighted by molar-refractivity contribution is -0.109. The van der Waals surface area contributed by atoms with Gasteiger partial charge in [0.2, 0.25) is 5.78 Å². The number of para-hydroxylation sites is 1. The lowest BCUT2D eigenvalue weighted by atomic mass is 9.92. The van der Waals surface area contributed by atoms with Gasteiger partial charge in [0.05, 0.1) is 5.69 Å².